The number of benzene rings is 1. The third-order valence-corrected chi connectivity index (χ3v) is 7.24. The number of hydrogen-bond acceptors (Lipinski definition) is 6. The summed E-state index contributed by atoms with van der Waals surface area (Å²) in [5, 5.41) is 4.92. The summed E-state index contributed by atoms with van der Waals surface area (Å²) in [4.78, 5) is 4.97. The quantitative estimate of drug-likeness (QED) is 0.607. The SMILES string of the molecule is Cc1cc(N2CCCCC(CCCN3CCOCC3)CC2)nn1-c1ccc2c(c1)O[C@](C)(F)O2. The Hall–Kier alpha value is -2.32. The van der Waals surface area contributed by atoms with Crippen LogP contribution in [-0.2, 0) is 4.74 Å². The number of morpholine rings is 1. The smallest absolute Gasteiger partial charge is 0.404 e. The minimum atomic E-state index is -2.12. The molecule has 3 aliphatic heterocycles. The number of aromatic nitrogens is 2. The molecule has 2 saturated heterocycles. The van der Waals surface area contributed by atoms with E-state index in [1.54, 1.807) is 12.1 Å². The fourth-order valence-electron chi connectivity index (χ4n) is 5.36. The van der Waals surface area contributed by atoms with Gasteiger partial charge in [0.1, 0.15) is 0 Å². The van der Waals surface area contributed by atoms with E-state index >= 15 is 0 Å². The van der Waals surface area contributed by atoms with Crippen molar-refractivity contribution in [1.82, 2.24) is 14.7 Å². The van der Waals surface area contributed by atoms with Gasteiger partial charge in [-0.3, -0.25) is 4.90 Å². The van der Waals surface area contributed by atoms with Gasteiger partial charge >= 0.3 is 6.04 Å². The maximum atomic E-state index is 14.1. The van der Waals surface area contributed by atoms with Gasteiger partial charge in [-0.2, -0.15) is 9.49 Å². The maximum absolute atomic E-state index is 14.1. The van der Waals surface area contributed by atoms with Gasteiger partial charge in [-0.1, -0.05) is 12.8 Å². The lowest BCUT2D eigenvalue weighted by Gasteiger charge is -2.30. The molecular weight excluding hydrogens is 435 g/mol. The van der Waals surface area contributed by atoms with Crippen molar-refractivity contribution in [2.45, 2.75) is 58.4 Å². The molecule has 34 heavy (non-hydrogen) atoms. The number of rotatable bonds is 6. The number of aryl methyl sites for hydroxylation is 1. The second-order valence-electron chi connectivity index (χ2n) is 9.96. The largest absolute Gasteiger partial charge is 0.423 e. The highest BCUT2D eigenvalue weighted by atomic mass is 19.2. The first-order valence-corrected chi connectivity index (χ1v) is 12.8. The molecule has 0 bridgehead atoms. The highest BCUT2D eigenvalue weighted by Gasteiger charge is 2.37. The standard InChI is InChI=1S/C26H37FN4O3/c1-20-18-25(28-31(20)22-8-9-23-24(19-22)34-26(2,27)33-23)30-12-4-3-6-21(10-13-30)7-5-11-29-14-16-32-17-15-29/h8-9,18-19,21H,3-7,10-17H2,1-2H3/t21?,26-/m1/s1. The van der Waals surface area contributed by atoms with Gasteiger partial charge in [-0.05, 0) is 57.2 Å². The van der Waals surface area contributed by atoms with Crippen LogP contribution in [0, 0.1) is 12.8 Å². The number of anilines is 1. The fourth-order valence-corrected chi connectivity index (χ4v) is 5.36. The van der Waals surface area contributed by atoms with Gasteiger partial charge in [0.25, 0.3) is 0 Å². The van der Waals surface area contributed by atoms with Gasteiger partial charge in [0.05, 0.1) is 18.9 Å². The number of halogens is 1. The molecule has 5 rings (SSSR count). The summed E-state index contributed by atoms with van der Waals surface area (Å²) in [5.74, 6) is 2.63. The Morgan fingerprint density at radius 3 is 2.71 bits per heavy atom. The summed E-state index contributed by atoms with van der Waals surface area (Å²) in [6.45, 7) is 10.5. The minimum Gasteiger partial charge on any atom is -0.423 e. The highest BCUT2D eigenvalue weighted by molar-refractivity contribution is 5.52. The van der Waals surface area contributed by atoms with Crippen molar-refractivity contribution in [1.29, 1.82) is 0 Å². The number of ether oxygens (including phenoxy) is 3. The van der Waals surface area contributed by atoms with Crippen molar-refractivity contribution >= 4 is 5.82 Å². The van der Waals surface area contributed by atoms with Crippen LogP contribution in [-0.4, -0.2) is 66.7 Å². The van der Waals surface area contributed by atoms with Crippen LogP contribution >= 0.6 is 0 Å². The van der Waals surface area contributed by atoms with Crippen LogP contribution in [0.2, 0.25) is 0 Å². The molecule has 0 saturated carbocycles. The summed E-state index contributed by atoms with van der Waals surface area (Å²) in [6.07, 6.45) is 7.63. The average molecular weight is 473 g/mol. The van der Waals surface area contributed by atoms with E-state index in [-0.39, 0.29) is 0 Å². The van der Waals surface area contributed by atoms with Crippen LogP contribution in [0.15, 0.2) is 24.3 Å². The first kappa shape index (κ1) is 23.4. The van der Waals surface area contributed by atoms with Crippen LogP contribution in [0.1, 0.15) is 51.1 Å². The van der Waals surface area contributed by atoms with E-state index in [9.17, 15) is 4.39 Å². The Kier molecular flexibility index (Phi) is 6.97. The molecule has 4 heterocycles. The predicted octanol–water partition coefficient (Wildman–Crippen LogP) is 4.70. The van der Waals surface area contributed by atoms with Gasteiger partial charge in [0.15, 0.2) is 17.3 Å². The molecule has 2 fully saturated rings. The zero-order valence-corrected chi connectivity index (χ0v) is 20.5. The molecular formula is C26H37FN4O3. The van der Waals surface area contributed by atoms with Gasteiger partial charge < -0.3 is 19.1 Å². The third kappa shape index (κ3) is 5.49. The molecule has 0 aliphatic carbocycles. The molecule has 3 aliphatic rings. The van der Waals surface area contributed by atoms with Crippen molar-refractivity contribution in [3.05, 3.63) is 30.0 Å². The first-order valence-electron chi connectivity index (χ1n) is 12.8. The molecule has 1 unspecified atom stereocenters. The molecule has 0 radical (unpaired) electrons. The Balaban J connectivity index is 1.20. The van der Waals surface area contributed by atoms with Crippen LogP contribution in [0.25, 0.3) is 5.69 Å². The summed E-state index contributed by atoms with van der Waals surface area (Å²) in [5.41, 5.74) is 1.89. The molecule has 2 atom stereocenters. The monoisotopic (exact) mass is 472 g/mol. The normalized spacial score (nSPS) is 25.9. The van der Waals surface area contributed by atoms with E-state index in [1.165, 1.54) is 52.0 Å². The number of hydrogen-bond donors (Lipinski definition) is 0. The molecule has 0 N–H and O–H groups in total. The van der Waals surface area contributed by atoms with Gasteiger partial charge in [-0.25, -0.2) is 4.68 Å². The topological polar surface area (TPSA) is 52.0 Å². The summed E-state index contributed by atoms with van der Waals surface area (Å²) in [7, 11) is 0. The lowest BCUT2D eigenvalue weighted by atomic mass is 9.91. The molecule has 1 aromatic carbocycles. The number of fused-ring (bicyclic) bond motifs is 1. The fraction of sp³-hybridized carbons (Fsp3) is 0.654. The van der Waals surface area contributed by atoms with E-state index in [2.05, 4.69) is 22.8 Å². The molecule has 7 nitrogen and oxygen atoms in total. The predicted molar refractivity (Wildman–Crippen MR) is 130 cm³/mol. The van der Waals surface area contributed by atoms with E-state index in [0.29, 0.717) is 11.5 Å². The zero-order chi connectivity index (χ0) is 23.5. The lowest BCUT2D eigenvalue weighted by Crippen LogP contribution is -2.37. The highest BCUT2D eigenvalue weighted by Crippen LogP contribution is 2.41. The van der Waals surface area contributed by atoms with Crippen LogP contribution < -0.4 is 14.4 Å². The Morgan fingerprint density at radius 2 is 1.85 bits per heavy atom. The van der Waals surface area contributed by atoms with Crippen molar-refractivity contribution in [3.63, 3.8) is 0 Å². The van der Waals surface area contributed by atoms with Crippen molar-refractivity contribution in [2.75, 3.05) is 50.8 Å². The lowest BCUT2D eigenvalue weighted by molar-refractivity contribution is -0.173. The van der Waals surface area contributed by atoms with E-state index in [0.717, 1.165) is 62.5 Å². The second kappa shape index (κ2) is 10.1. The molecule has 0 amide bonds. The number of alkyl halides is 1. The summed E-state index contributed by atoms with van der Waals surface area (Å²) >= 11 is 0. The summed E-state index contributed by atoms with van der Waals surface area (Å²) in [6, 6.07) is 5.47. The third-order valence-electron chi connectivity index (χ3n) is 7.24. The molecule has 186 valence electrons. The Morgan fingerprint density at radius 1 is 1.03 bits per heavy atom. The Bertz CT molecular complexity index is 973. The molecule has 1 aromatic heterocycles. The number of nitrogens with zero attached hydrogens (tertiary/aromatic N) is 4. The first-order chi connectivity index (χ1) is 16.5. The minimum absolute atomic E-state index is 0.408. The average Bonchev–Trinajstić information content (AvgIpc) is 3.33. The maximum Gasteiger partial charge on any atom is 0.404 e. The molecule has 0 spiro atoms. The van der Waals surface area contributed by atoms with Crippen molar-refractivity contribution < 1.29 is 18.6 Å². The molecule has 2 aromatic rings. The molecule has 8 heteroatoms. The van der Waals surface area contributed by atoms with Gasteiger partial charge in [0, 0.05) is 50.9 Å². The van der Waals surface area contributed by atoms with E-state index in [1.807, 2.05) is 10.7 Å². The summed E-state index contributed by atoms with van der Waals surface area (Å²) < 4.78 is 31.9. The van der Waals surface area contributed by atoms with Crippen LogP contribution in [0.3, 0.4) is 0 Å². The van der Waals surface area contributed by atoms with Crippen molar-refractivity contribution in [3.8, 4) is 17.2 Å². The van der Waals surface area contributed by atoms with Crippen LogP contribution in [0.5, 0.6) is 11.5 Å². The van der Waals surface area contributed by atoms with Gasteiger partial charge in [-0.15, -0.1) is 0 Å². The van der Waals surface area contributed by atoms with Crippen molar-refractivity contribution in [2.24, 2.45) is 5.92 Å². The van der Waals surface area contributed by atoms with Crippen LogP contribution in [0.4, 0.5) is 10.2 Å². The van der Waals surface area contributed by atoms with E-state index in [4.69, 9.17) is 19.3 Å². The van der Waals surface area contributed by atoms with Gasteiger partial charge in [0.2, 0.25) is 0 Å². The zero-order valence-electron chi connectivity index (χ0n) is 20.5. The second-order valence-corrected chi connectivity index (χ2v) is 9.96. The Labute approximate surface area is 201 Å². The van der Waals surface area contributed by atoms with E-state index < -0.39 is 6.04 Å².